The quantitative estimate of drug-likeness (QED) is 0.109. The van der Waals surface area contributed by atoms with Crippen molar-refractivity contribution < 1.29 is 43.2 Å². The van der Waals surface area contributed by atoms with Gasteiger partial charge < -0.3 is 5.11 Å². The van der Waals surface area contributed by atoms with E-state index in [0.717, 1.165) is 33.3 Å². The van der Waals surface area contributed by atoms with Crippen molar-refractivity contribution in [3.63, 3.8) is 0 Å². The van der Waals surface area contributed by atoms with Crippen LogP contribution < -0.4 is 0 Å². The molecule has 4 nitrogen and oxygen atoms in total. The van der Waals surface area contributed by atoms with Gasteiger partial charge in [0.15, 0.2) is 0 Å². The summed E-state index contributed by atoms with van der Waals surface area (Å²) < 4.78 is 35.8. The van der Waals surface area contributed by atoms with Crippen molar-refractivity contribution in [3.8, 4) is 21.7 Å². The van der Waals surface area contributed by atoms with Gasteiger partial charge in [0, 0.05) is 47.4 Å². The number of halogens is 3. The second-order valence-corrected chi connectivity index (χ2v) is 16.3. The standard InChI is InChI=1S/C34H37N2S.C7H9F3O2.Ir/c1-20-14-23(18-33(4,5)6)15-21(2)28(20)31-22(3)29-32(37-31)30(36-19-35-29)25-16-24-12-10-11-13-26(24)27(17-25)34(7,8)9;1-4(2)5(11)3-6(12)7(8,9)10;/h10-15,17,19H,18H2,1-9H3;3-4,11H,1-2H3;/q-1;;/b;5-3-;. The minimum atomic E-state index is -4.90. The van der Waals surface area contributed by atoms with Crippen LogP contribution in [0.4, 0.5) is 13.2 Å². The van der Waals surface area contributed by atoms with Crippen molar-refractivity contribution in [2.75, 3.05) is 0 Å². The summed E-state index contributed by atoms with van der Waals surface area (Å²) in [5.74, 6) is -3.07. The summed E-state index contributed by atoms with van der Waals surface area (Å²) in [6.07, 6.45) is -1.91. The number of aryl methyl sites for hydroxylation is 3. The van der Waals surface area contributed by atoms with E-state index in [0.29, 0.717) is 0 Å². The molecule has 0 aliphatic heterocycles. The van der Waals surface area contributed by atoms with Crippen molar-refractivity contribution in [2.24, 2.45) is 11.3 Å². The van der Waals surface area contributed by atoms with Crippen LogP contribution in [-0.2, 0) is 36.7 Å². The topological polar surface area (TPSA) is 63.1 Å². The van der Waals surface area contributed by atoms with E-state index in [-0.39, 0.29) is 37.0 Å². The first-order valence-corrected chi connectivity index (χ1v) is 17.2. The third-order valence-corrected chi connectivity index (χ3v) is 9.55. The van der Waals surface area contributed by atoms with Gasteiger partial charge in [0.2, 0.25) is 0 Å². The van der Waals surface area contributed by atoms with Gasteiger partial charge in [0.05, 0.1) is 11.3 Å². The number of allylic oxidation sites excluding steroid dienone is 2. The van der Waals surface area contributed by atoms with Gasteiger partial charge in [0.25, 0.3) is 5.78 Å². The van der Waals surface area contributed by atoms with Crippen LogP contribution in [-0.4, -0.2) is 27.0 Å². The van der Waals surface area contributed by atoms with Crippen LogP contribution in [0.1, 0.15) is 83.2 Å². The predicted octanol–water partition coefficient (Wildman–Crippen LogP) is 12.0. The fourth-order valence-electron chi connectivity index (χ4n) is 5.94. The summed E-state index contributed by atoms with van der Waals surface area (Å²) in [4.78, 5) is 21.1. The summed E-state index contributed by atoms with van der Waals surface area (Å²) in [5.41, 5.74) is 11.3. The van der Waals surface area contributed by atoms with E-state index in [1.807, 2.05) is 11.3 Å². The van der Waals surface area contributed by atoms with Crippen LogP contribution in [0.3, 0.4) is 0 Å². The van der Waals surface area contributed by atoms with E-state index in [1.54, 1.807) is 6.33 Å². The Kier molecular flexibility index (Phi) is 12.7. The average Bonchev–Trinajstić information content (AvgIpc) is 3.30. The molecular weight excluding hydrogens is 834 g/mol. The number of aliphatic hydroxyl groups excluding tert-OH is 1. The number of nitrogens with zero attached hydrogens (tertiary/aromatic N) is 2. The van der Waals surface area contributed by atoms with Gasteiger partial charge in [-0.2, -0.15) is 13.2 Å². The fourth-order valence-corrected chi connectivity index (χ4v) is 7.38. The number of aliphatic hydroxyl groups is 1. The number of alkyl halides is 3. The van der Waals surface area contributed by atoms with E-state index in [9.17, 15) is 18.0 Å². The van der Waals surface area contributed by atoms with Gasteiger partial charge in [0.1, 0.15) is 6.33 Å². The van der Waals surface area contributed by atoms with E-state index in [4.69, 9.17) is 15.1 Å². The molecule has 0 saturated carbocycles. The first-order chi connectivity index (χ1) is 22.6. The summed E-state index contributed by atoms with van der Waals surface area (Å²) in [6, 6.07) is 19.3. The number of benzene rings is 3. The molecule has 1 N–H and O–H groups in total. The molecule has 0 saturated heterocycles. The minimum Gasteiger partial charge on any atom is -0.512 e. The van der Waals surface area contributed by atoms with Crippen LogP contribution in [0.15, 0.2) is 60.6 Å². The van der Waals surface area contributed by atoms with Gasteiger partial charge in [-0.15, -0.1) is 40.5 Å². The summed E-state index contributed by atoms with van der Waals surface area (Å²) in [6.45, 7) is 23.4. The van der Waals surface area contributed by atoms with Gasteiger partial charge in [-0.05, 0) is 65.8 Å². The smallest absolute Gasteiger partial charge is 0.454 e. The first-order valence-electron chi connectivity index (χ1n) is 16.4. The first kappa shape index (κ1) is 41.0. The van der Waals surface area contributed by atoms with Crippen molar-refractivity contribution in [1.29, 1.82) is 0 Å². The molecule has 0 bridgehead atoms. The Hall–Kier alpha value is -3.39. The molecule has 2 heterocycles. The van der Waals surface area contributed by atoms with Crippen molar-refractivity contribution in [2.45, 2.75) is 94.2 Å². The van der Waals surface area contributed by atoms with Gasteiger partial charge in [-0.1, -0.05) is 96.7 Å². The number of thiophene rings is 1. The Morgan fingerprint density at radius 3 is 2.10 bits per heavy atom. The molecule has 269 valence electrons. The van der Waals surface area contributed by atoms with Crippen LogP contribution in [0.5, 0.6) is 0 Å². The summed E-state index contributed by atoms with van der Waals surface area (Å²) >= 11 is 1.82. The predicted molar refractivity (Wildman–Crippen MR) is 197 cm³/mol. The monoisotopic (exact) mass is 880 g/mol. The van der Waals surface area contributed by atoms with Crippen LogP contribution in [0.25, 0.3) is 42.7 Å². The Balaban J connectivity index is 0.000000448. The number of hydrogen-bond donors (Lipinski definition) is 1. The Morgan fingerprint density at radius 1 is 0.960 bits per heavy atom. The molecule has 0 atom stereocenters. The molecule has 5 rings (SSSR count). The maximum Gasteiger partial charge on any atom is 0.454 e. The van der Waals surface area contributed by atoms with Gasteiger partial charge >= 0.3 is 6.18 Å². The van der Waals surface area contributed by atoms with Crippen LogP contribution in [0.2, 0.25) is 0 Å². The van der Waals surface area contributed by atoms with Crippen LogP contribution in [0, 0.1) is 38.2 Å². The Bertz CT molecular complexity index is 2020. The molecule has 0 amide bonds. The molecule has 0 aliphatic carbocycles. The number of ketones is 1. The van der Waals surface area contributed by atoms with Crippen LogP contribution >= 0.6 is 11.3 Å². The molecule has 0 unspecified atom stereocenters. The largest absolute Gasteiger partial charge is 0.512 e. The third-order valence-electron chi connectivity index (χ3n) is 8.25. The average molecular weight is 880 g/mol. The number of carbonyl (C=O) groups excluding carboxylic acids is 1. The van der Waals surface area contributed by atoms with E-state index in [1.165, 1.54) is 57.5 Å². The number of fused-ring (bicyclic) bond motifs is 2. The fraction of sp³-hybridized carbons (Fsp3) is 0.390. The second-order valence-electron chi connectivity index (χ2n) is 15.3. The summed E-state index contributed by atoms with van der Waals surface area (Å²) in [5, 5.41) is 11.2. The molecule has 3 aromatic carbocycles. The number of rotatable bonds is 5. The van der Waals surface area contributed by atoms with Crippen molar-refractivity contribution >= 4 is 38.1 Å². The summed E-state index contributed by atoms with van der Waals surface area (Å²) in [7, 11) is 0. The molecule has 5 aromatic rings. The third kappa shape index (κ3) is 9.48. The van der Waals surface area contributed by atoms with Crippen molar-refractivity contribution in [3.05, 3.63) is 94.5 Å². The maximum atomic E-state index is 11.6. The maximum absolute atomic E-state index is 11.6. The zero-order chi connectivity index (χ0) is 36.6. The number of aromatic nitrogens is 2. The molecule has 0 spiro atoms. The molecule has 9 heteroatoms. The van der Waals surface area contributed by atoms with E-state index >= 15 is 0 Å². The number of carbonyl (C=O) groups is 1. The zero-order valence-corrected chi connectivity index (χ0v) is 33.8. The molecular formula is C41H46F3IrN2O2S-. The Morgan fingerprint density at radius 2 is 1.56 bits per heavy atom. The second kappa shape index (κ2) is 15.5. The van der Waals surface area contributed by atoms with E-state index in [2.05, 4.69) is 111 Å². The van der Waals surface area contributed by atoms with E-state index < -0.39 is 23.6 Å². The van der Waals surface area contributed by atoms with Gasteiger partial charge in [-0.3, -0.25) is 9.78 Å². The zero-order valence-electron chi connectivity index (χ0n) is 30.6. The minimum absolute atomic E-state index is 0. The SMILES string of the molecule is CC(C)/C(O)=C/C(=O)C(F)(F)F.Cc1cc(CC(C)(C)C)cc(C)c1-c1sc2c(-c3[c-]c4ccccc4c(C(C)(C)C)c3)ncnc2c1C.[Ir]. The normalized spacial score (nSPS) is 12.6. The van der Waals surface area contributed by atoms with Crippen molar-refractivity contribution in [1.82, 2.24) is 9.97 Å². The molecule has 2 aromatic heterocycles. The molecule has 0 fully saturated rings. The number of hydrogen-bond acceptors (Lipinski definition) is 5. The molecule has 50 heavy (non-hydrogen) atoms. The van der Waals surface area contributed by atoms with Gasteiger partial charge in [-0.25, -0.2) is 4.98 Å². The Labute approximate surface area is 311 Å². The molecule has 0 aliphatic rings. The molecule has 1 radical (unpaired) electrons.